The van der Waals surface area contributed by atoms with Crippen molar-refractivity contribution >= 4 is 16.6 Å². The van der Waals surface area contributed by atoms with Gasteiger partial charge in [0.25, 0.3) is 0 Å². The molecule has 0 amide bonds. The highest BCUT2D eigenvalue weighted by molar-refractivity contribution is 5.84. The molecule has 0 spiro atoms. The number of nitrogens with two attached hydrogens (primary N) is 1. The van der Waals surface area contributed by atoms with Crippen LogP contribution in [0.4, 0.5) is 10.1 Å². The number of halogens is 1. The van der Waals surface area contributed by atoms with Gasteiger partial charge in [0.1, 0.15) is 18.2 Å². The standard InChI is InChI=1S/C17H17FN2O/c1-2-20-15(9-12-3-6-14(19)10-17(12)20)11-21-16-7-4-13(18)5-8-16/h3-10H,2,11,19H2,1H3. The van der Waals surface area contributed by atoms with Gasteiger partial charge in [0.15, 0.2) is 0 Å². The van der Waals surface area contributed by atoms with E-state index in [0.717, 1.165) is 28.8 Å². The van der Waals surface area contributed by atoms with Gasteiger partial charge in [-0.3, -0.25) is 0 Å². The Morgan fingerprint density at radius 2 is 1.86 bits per heavy atom. The number of nitrogen functional groups attached to an aromatic ring is 1. The summed E-state index contributed by atoms with van der Waals surface area (Å²) in [5, 5.41) is 1.14. The van der Waals surface area contributed by atoms with Crippen LogP contribution in [0, 0.1) is 5.82 Å². The zero-order valence-corrected chi connectivity index (χ0v) is 11.8. The lowest BCUT2D eigenvalue weighted by atomic mass is 10.2. The lowest BCUT2D eigenvalue weighted by Gasteiger charge is -2.10. The summed E-state index contributed by atoms with van der Waals surface area (Å²) in [6, 6.07) is 14.0. The van der Waals surface area contributed by atoms with Gasteiger partial charge in [-0.1, -0.05) is 6.07 Å². The van der Waals surface area contributed by atoms with Crippen molar-refractivity contribution in [3.8, 4) is 5.75 Å². The Morgan fingerprint density at radius 1 is 1.10 bits per heavy atom. The van der Waals surface area contributed by atoms with E-state index in [0.29, 0.717) is 12.4 Å². The molecule has 2 aromatic carbocycles. The third-order valence-corrected chi connectivity index (χ3v) is 3.53. The van der Waals surface area contributed by atoms with Gasteiger partial charge in [-0.2, -0.15) is 0 Å². The molecule has 0 saturated carbocycles. The highest BCUT2D eigenvalue weighted by atomic mass is 19.1. The Bertz CT molecular complexity index is 762. The Kier molecular flexibility index (Phi) is 3.52. The SMILES string of the molecule is CCn1c(COc2ccc(F)cc2)cc2ccc(N)cc21. The van der Waals surface area contributed by atoms with Gasteiger partial charge in [0.2, 0.25) is 0 Å². The number of aryl methyl sites for hydroxylation is 1. The van der Waals surface area contributed by atoms with Gasteiger partial charge in [0.05, 0.1) is 11.2 Å². The normalized spacial score (nSPS) is 11.0. The maximum absolute atomic E-state index is 12.9. The second kappa shape index (κ2) is 5.48. The molecule has 2 N–H and O–H groups in total. The van der Waals surface area contributed by atoms with E-state index in [1.807, 2.05) is 18.2 Å². The van der Waals surface area contributed by atoms with Crippen molar-refractivity contribution in [1.82, 2.24) is 4.57 Å². The summed E-state index contributed by atoms with van der Waals surface area (Å²) in [5.74, 6) is 0.393. The van der Waals surface area contributed by atoms with Gasteiger partial charge >= 0.3 is 0 Å². The first-order chi connectivity index (χ1) is 10.2. The van der Waals surface area contributed by atoms with Gasteiger partial charge in [-0.25, -0.2) is 4.39 Å². The van der Waals surface area contributed by atoms with E-state index in [9.17, 15) is 4.39 Å². The smallest absolute Gasteiger partial charge is 0.128 e. The molecule has 0 bridgehead atoms. The number of benzene rings is 2. The molecule has 0 aliphatic carbocycles. The van der Waals surface area contributed by atoms with Crippen LogP contribution in [0.5, 0.6) is 5.75 Å². The summed E-state index contributed by atoms with van der Waals surface area (Å²) < 4.78 is 20.8. The average Bonchev–Trinajstić information content (AvgIpc) is 2.83. The summed E-state index contributed by atoms with van der Waals surface area (Å²) in [5.41, 5.74) is 8.79. The summed E-state index contributed by atoms with van der Waals surface area (Å²) in [4.78, 5) is 0. The molecule has 0 fully saturated rings. The third kappa shape index (κ3) is 2.70. The molecule has 0 aliphatic rings. The summed E-state index contributed by atoms with van der Waals surface area (Å²) in [7, 11) is 0. The molecular formula is C17H17FN2O. The van der Waals surface area contributed by atoms with Crippen LogP contribution in [0.25, 0.3) is 10.9 Å². The predicted molar refractivity (Wildman–Crippen MR) is 82.8 cm³/mol. The number of rotatable bonds is 4. The fourth-order valence-electron chi connectivity index (χ4n) is 2.51. The van der Waals surface area contributed by atoms with E-state index in [1.54, 1.807) is 12.1 Å². The van der Waals surface area contributed by atoms with Crippen molar-refractivity contribution in [2.75, 3.05) is 5.73 Å². The highest BCUT2D eigenvalue weighted by Crippen LogP contribution is 2.23. The Labute approximate surface area is 122 Å². The zero-order chi connectivity index (χ0) is 14.8. The summed E-state index contributed by atoms with van der Waals surface area (Å²) in [6.07, 6.45) is 0. The first-order valence-corrected chi connectivity index (χ1v) is 6.93. The van der Waals surface area contributed by atoms with E-state index < -0.39 is 0 Å². The van der Waals surface area contributed by atoms with E-state index in [2.05, 4.69) is 17.6 Å². The van der Waals surface area contributed by atoms with E-state index in [-0.39, 0.29) is 5.82 Å². The number of ether oxygens (including phenoxy) is 1. The lowest BCUT2D eigenvalue weighted by Crippen LogP contribution is -2.04. The van der Waals surface area contributed by atoms with E-state index >= 15 is 0 Å². The van der Waals surface area contributed by atoms with Crippen LogP contribution >= 0.6 is 0 Å². The molecule has 1 heterocycles. The number of hydrogen-bond acceptors (Lipinski definition) is 2. The van der Waals surface area contributed by atoms with Gasteiger partial charge < -0.3 is 15.0 Å². The highest BCUT2D eigenvalue weighted by Gasteiger charge is 2.08. The van der Waals surface area contributed by atoms with Crippen molar-refractivity contribution in [3.05, 3.63) is 60.0 Å². The topological polar surface area (TPSA) is 40.2 Å². The molecule has 0 atom stereocenters. The molecule has 21 heavy (non-hydrogen) atoms. The third-order valence-electron chi connectivity index (χ3n) is 3.53. The van der Waals surface area contributed by atoms with Crippen LogP contribution in [0.15, 0.2) is 48.5 Å². The van der Waals surface area contributed by atoms with Gasteiger partial charge in [-0.05, 0) is 49.4 Å². The minimum Gasteiger partial charge on any atom is -0.487 e. The minimum absolute atomic E-state index is 0.263. The second-order valence-electron chi connectivity index (χ2n) is 4.94. The van der Waals surface area contributed by atoms with Crippen LogP contribution < -0.4 is 10.5 Å². The largest absolute Gasteiger partial charge is 0.487 e. The lowest BCUT2D eigenvalue weighted by molar-refractivity contribution is 0.295. The van der Waals surface area contributed by atoms with E-state index in [1.165, 1.54) is 12.1 Å². The molecule has 0 saturated heterocycles. The maximum atomic E-state index is 12.9. The quantitative estimate of drug-likeness (QED) is 0.737. The average molecular weight is 284 g/mol. The number of fused-ring (bicyclic) bond motifs is 1. The monoisotopic (exact) mass is 284 g/mol. The molecule has 0 aliphatic heterocycles. The van der Waals surface area contributed by atoms with Crippen molar-refractivity contribution in [3.63, 3.8) is 0 Å². The minimum atomic E-state index is -0.263. The second-order valence-corrected chi connectivity index (χ2v) is 4.94. The molecule has 4 heteroatoms. The molecule has 3 rings (SSSR count). The summed E-state index contributed by atoms with van der Waals surface area (Å²) in [6.45, 7) is 3.37. The number of nitrogens with zero attached hydrogens (tertiary/aromatic N) is 1. The number of aromatic nitrogens is 1. The molecular weight excluding hydrogens is 267 g/mol. The zero-order valence-electron chi connectivity index (χ0n) is 11.8. The van der Waals surface area contributed by atoms with Crippen LogP contribution in [-0.4, -0.2) is 4.57 Å². The van der Waals surface area contributed by atoms with Crippen LogP contribution in [0.2, 0.25) is 0 Å². The van der Waals surface area contributed by atoms with Crippen LogP contribution in [0.3, 0.4) is 0 Å². The predicted octanol–water partition coefficient (Wildman–Crippen LogP) is 3.96. The number of anilines is 1. The first kappa shape index (κ1) is 13.5. The molecule has 1 aromatic heterocycles. The Morgan fingerprint density at radius 3 is 2.57 bits per heavy atom. The number of hydrogen-bond donors (Lipinski definition) is 1. The van der Waals surface area contributed by atoms with Crippen molar-refractivity contribution in [2.24, 2.45) is 0 Å². The van der Waals surface area contributed by atoms with Crippen molar-refractivity contribution in [1.29, 1.82) is 0 Å². The van der Waals surface area contributed by atoms with Crippen LogP contribution in [0.1, 0.15) is 12.6 Å². The molecule has 0 unspecified atom stereocenters. The molecule has 108 valence electrons. The molecule has 3 aromatic rings. The Balaban J connectivity index is 1.88. The molecule has 0 radical (unpaired) electrons. The maximum Gasteiger partial charge on any atom is 0.128 e. The summed E-state index contributed by atoms with van der Waals surface area (Å²) >= 11 is 0. The van der Waals surface area contributed by atoms with Gasteiger partial charge in [0, 0.05) is 17.6 Å². The van der Waals surface area contributed by atoms with Crippen molar-refractivity contribution < 1.29 is 9.13 Å². The molecule has 3 nitrogen and oxygen atoms in total. The first-order valence-electron chi connectivity index (χ1n) is 6.93. The fourth-order valence-corrected chi connectivity index (χ4v) is 2.51. The van der Waals surface area contributed by atoms with E-state index in [4.69, 9.17) is 10.5 Å². The Hall–Kier alpha value is -2.49. The van der Waals surface area contributed by atoms with Gasteiger partial charge in [-0.15, -0.1) is 0 Å². The van der Waals surface area contributed by atoms with Crippen LogP contribution in [-0.2, 0) is 13.2 Å². The fraction of sp³-hybridized carbons (Fsp3) is 0.176. The van der Waals surface area contributed by atoms with Crippen molar-refractivity contribution in [2.45, 2.75) is 20.1 Å².